The van der Waals surface area contributed by atoms with Crippen molar-refractivity contribution in [2.75, 3.05) is 6.61 Å². The third-order valence-electron chi connectivity index (χ3n) is 2.60. The number of aromatic nitrogens is 2. The van der Waals surface area contributed by atoms with Gasteiger partial charge in [-0.1, -0.05) is 30.3 Å². The lowest BCUT2D eigenvalue weighted by Crippen LogP contribution is -1.93. The summed E-state index contributed by atoms with van der Waals surface area (Å²) in [5.74, 6) is 0.867. The first-order valence-electron chi connectivity index (χ1n) is 5.48. The molecule has 0 unspecified atom stereocenters. The van der Waals surface area contributed by atoms with Crippen LogP contribution in [-0.2, 0) is 12.8 Å². The van der Waals surface area contributed by atoms with Crippen LogP contribution in [0.2, 0.25) is 0 Å². The maximum atomic E-state index is 8.85. The van der Waals surface area contributed by atoms with Gasteiger partial charge in [-0.05, 0) is 12.5 Å². The molecule has 0 aliphatic heterocycles. The number of hydrogen-bond acceptors (Lipinski definition) is 2. The molecular formula is C13H16N2O. The quantitative estimate of drug-likeness (QED) is 0.819. The SMILES string of the molecule is Cc1[nH]c(CCO)nc1Cc1ccccc1. The molecule has 1 heterocycles. The Labute approximate surface area is 95.2 Å². The fourth-order valence-corrected chi connectivity index (χ4v) is 1.75. The fraction of sp³-hybridized carbons (Fsp3) is 0.308. The minimum absolute atomic E-state index is 0.137. The molecule has 0 aliphatic rings. The predicted molar refractivity (Wildman–Crippen MR) is 63.4 cm³/mol. The fourth-order valence-electron chi connectivity index (χ4n) is 1.75. The van der Waals surface area contributed by atoms with Gasteiger partial charge < -0.3 is 10.1 Å². The molecule has 1 aromatic carbocycles. The van der Waals surface area contributed by atoms with Crippen LogP contribution < -0.4 is 0 Å². The third kappa shape index (κ3) is 2.49. The van der Waals surface area contributed by atoms with E-state index in [4.69, 9.17) is 5.11 Å². The number of aromatic amines is 1. The molecular weight excluding hydrogens is 200 g/mol. The number of rotatable bonds is 4. The molecule has 2 N–H and O–H groups in total. The number of nitrogens with one attached hydrogen (secondary N) is 1. The number of hydrogen-bond donors (Lipinski definition) is 2. The van der Waals surface area contributed by atoms with E-state index in [-0.39, 0.29) is 6.61 Å². The summed E-state index contributed by atoms with van der Waals surface area (Å²) in [4.78, 5) is 7.67. The van der Waals surface area contributed by atoms with E-state index in [1.807, 2.05) is 25.1 Å². The van der Waals surface area contributed by atoms with Gasteiger partial charge in [-0.15, -0.1) is 0 Å². The zero-order valence-electron chi connectivity index (χ0n) is 9.40. The van der Waals surface area contributed by atoms with Gasteiger partial charge in [-0.3, -0.25) is 0 Å². The third-order valence-corrected chi connectivity index (χ3v) is 2.60. The van der Waals surface area contributed by atoms with Gasteiger partial charge in [0.05, 0.1) is 12.3 Å². The van der Waals surface area contributed by atoms with Crippen LogP contribution in [0.25, 0.3) is 0 Å². The monoisotopic (exact) mass is 216 g/mol. The van der Waals surface area contributed by atoms with Crippen LogP contribution in [0.1, 0.15) is 22.8 Å². The Morgan fingerprint density at radius 1 is 1.25 bits per heavy atom. The van der Waals surface area contributed by atoms with Crippen LogP contribution in [0, 0.1) is 6.92 Å². The molecule has 3 nitrogen and oxygen atoms in total. The maximum absolute atomic E-state index is 8.85. The summed E-state index contributed by atoms with van der Waals surface area (Å²) in [5, 5.41) is 8.85. The summed E-state index contributed by atoms with van der Waals surface area (Å²) >= 11 is 0. The van der Waals surface area contributed by atoms with Gasteiger partial charge in [-0.2, -0.15) is 0 Å². The molecule has 3 heteroatoms. The second kappa shape index (κ2) is 4.94. The van der Waals surface area contributed by atoms with Crippen molar-refractivity contribution in [3.8, 4) is 0 Å². The summed E-state index contributed by atoms with van der Waals surface area (Å²) in [5.41, 5.74) is 3.41. The van der Waals surface area contributed by atoms with Crippen LogP contribution in [0.15, 0.2) is 30.3 Å². The normalized spacial score (nSPS) is 10.6. The van der Waals surface area contributed by atoms with Gasteiger partial charge in [0, 0.05) is 18.5 Å². The van der Waals surface area contributed by atoms with Crippen molar-refractivity contribution in [2.45, 2.75) is 19.8 Å². The van der Waals surface area contributed by atoms with E-state index in [2.05, 4.69) is 22.1 Å². The van der Waals surface area contributed by atoms with Crippen molar-refractivity contribution in [3.63, 3.8) is 0 Å². The summed E-state index contributed by atoms with van der Waals surface area (Å²) in [6.07, 6.45) is 1.43. The predicted octanol–water partition coefficient (Wildman–Crippen LogP) is 1.84. The zero-order chi connectivity index (χ0) is 11.4. The first-order valence-corrected chi connectivity index (χ1v) is 5.48. The number of benzene rings is 1. The minimum atomic E-state index is 0.137. The number of aryl methyl sites for hydroxylation is 1. The number of imidazole rings is 1. The van der Waals surface area contributed by atoms with E-state index in [0.717, 1.165) is 23.6 Å². The first-order chi connectivity index (χ1) is 7.79. The molecule has 0 bridgehead atoms. The second-order valence-electron chi connectivity index (χ2n) is 3.89. The number of aliphatic hydroxyl groups excluding tert-OH is 1. The molecule has 0 fully saturated rings. The Morgan fingerprint density at radius 2 is 2.00 bits per heavy atom. The Hall–Kier alpha value is -1.61. The minimum Gasteiger partial charge on any atom is -0.396 e. The Kier molecular flexibility index (Phi) is 3.37. The molecule has 0 radical (unpaired) electrons. The van der Waals surface area contributed by atoms with Gasteiger partial charge in [0.2, 0.25) is 0 Å². The van der Waals surface area contributed by atoms with E-state index in [1.54, 1.807) is 0 Å². The average molecular weight is 216 g/mol. The molecule has 0 spiro atoms. The molecule has 1 aromatic heterocycles. The Balaban J connectivity index is 2.15. The van der Waals surface area contributed by atoms with E-state index in [0.29, 0.717) is 6.42 Å². The van der Waals surface area contributed by atoms with Gasteiger partial charge in [0.15, 0.2) is 0 Å². The zero-order valence-corrected chi connectivity index (χ0v) is 9.40. The molecule has 0 saturated carbocycles. The van der Waals surface area contributed by atoms with E-state index < -0.39 is 0 Å². The van der Waals surface area contributed by atoms with Gasteiger partial charge in [0.25, 0.3) is 0 Å². The molecule has 0 amide bonds. The Morgan fingerprint density at radius 3 is 2.69 bits per heavy atom. The first kappa shape index (κ1) is 10.9. The molecule has 16 heavy (non-hydrogen) atoms. The van der Waals surface area contributed by atoms with Crippen molar-refractivity contribution in [2.24, 2.45) is 0 Å². The van der Waals surface area contributed by atoms with E-state index in [9.17, 15) is 0 Å². The summed E-state index contributed by atoms with van der Waals surface area (Å²) in [7, 11) is 0. The molecule has 2 aromatic rings. The van der Waals surface area contributed by atoms with Gasteiger partial charge >= 0.3 is 0 Å². The molecule has 84 valence electrons. The van der Waals surface area contributed by atoms with Crippen molar-refractivity contribution < 1.29 is 5.11 Å². The number of nitrogens with zero attached hydrogens (tertiary/aromatic N) is 1. The molecule has 0 aliphatic carbocycles. The van der Waals surface area contributed by atoms with E-state index >= 15 is 0 Å². The van der Waals surface area contributed by atoms with Crippen LogP contribution in [0.5, 0.6) is 0 Å². The standard InChI is InChI=1S/C13H16N2O/c1-10-12(15-13(14-10)7-8-16)9-11-5-3-2-4-6-11/h2-6,16H,7-9H2,1H3,(H,14,15). The maximum Gasteiger partial charge on any atom is 0.108 e. The molecule has 0 atom stereocenters. The van der Waals surface area contributed by atoms with Crippen LogP contribution in [0.4, 0.5) is 0 Å². The highest BCUT2D eigenvalue weighted by Gasteiger charge is 2.06. The van der Waals surface area contributed by atoms with Crippen molar-refractivity contribution in [3.05, 3.63) is 53.1 Å². The largest absolute Gasteiger partial charge is 0.396 e. The van der Waals surface area contributed by atoms with Gasteiger partial charge in [-0.25, -0.2) is 4.98 Å². The van der Waals surface area contributed by atoms with Crippen LogP contribution >= 0.6 is 0 Å². The van der Waals surface area contributed by atoms with Crippen molar-refractivity contribution >= 4 is 0 Å². The second-order valence-corrected chi connectivity index (χ2v) is 3.89. The molecule has 0 saturated heterocycles. The molecule has 2 rings (SSSR count). The van der Waals surface area contributed by atoms with Crippen LogP contribution in [-0.4, -0.2) is 21.7 Å². The smallest absolute Gasteiger partial charge is 0.108 e. The van der Waals surface area contributed by atoms with Crippen molar-refractivity contribution in [1.82, 2.24) is 9.97 Å². The lowest BCUT2D eigenvalue weighted by molar-refractivity contribution is 0.297. The summed E-state index contributed by atoms with van der Waals surface area (Å²) in [6, 6.07) is 10.3. The highest BCUT2D eigenvalue weighted by Crippen LogP contribution is 2.11. The lowest BCUT2D eigenvalue weighted by Gasteiger charge is -1.98. The highest BCUT2D eigenvalue weighted by atomic mass is 16.3. The van der Waals surface area contributed by atoms with Crippen molar-refractivity contribution in [1.29, 1.82) is 0 Å². The summed E-state index contributed by atoms with van der Waals surface area (Å²) < 4.78 is 0. The highest BCUT2D eigenvalue weighted by molar-refractivity contribution is 5.24. The summed E-state index contributed by atoms with van der Waals surface area (Å²) in [6.45, 7) is 2.16. The number of H-pyrrole nitrogens is 1. The van der Waals surface area contributed by atoms with E-state index in [1.165, 1.54) is 5.56 Å². The average Bonchev–Trinajstić information content (AvgIpc) is 2.61. The number of aliphatic hydroxyl groups is 1. The van der Waals surface area contributed by atoms with Crippen LogP contribution in [0.3, 0.4) is 0 Å². The topological polar surface area (TPSA) is 48.9 Å². The Bertz CT molecular complexity index is 448. The lowest BCUT2D eigenvalue weighted by atomic mass is 10.1. The van der Waals surface area contributed by atoms with Gasteiger partial charge in [0.1, 0.15) is 5.82 Å².